The molecule has 1 fully saturated rings. The van der Waals surface area contributed by atoms with E-state index in [9.17, 15) is 92.3 Å². The number of carboxylic acids is 3. The van der Waals surface area contributed by atoms with Gasteiger partial charge in [-0.1, -0.05) is 105 Å². The molecule has 33 nitrogen and oxygen atoms in total. The molecule has 0 radical (unpaired) electrons. The van der Waals surface area contributed by atoms with Gasteiger partial charge in [0.15, 0.2) is 0 Å². The minimum atomic E-state index is -2.16. The lowest BCUT2D eigenvalue weighted by molar-refractivity contribution is -0.142. The van der Waals surface area contributed by atoms with E-state index in [4.69, 9.17) is 11.5 Å². The molecule has 558 valence electrons. The second-order valence-electron chi connectivity index (χ2n) is 25.0. The highest BCUT2D eigenvalue weighted by atomic mass is 32.1. The number of aromatic nitrogens is 1. The first-order chi connectivity index (χ1) is 49.4. The zero-order valence-electron chi connectivity index (χ0n) is 56.7. The molecule has 0 bridgehead atoms. The first kappa shape index (κ1) is 81.9. The van der Waals surface area contributed by atoms with Crippen LogP contribution in [-0.4, -0.2) is 210 Å². The Bertz CT molecular complexity index is 3910. The zero-order valence-corrected chi connectivity index (χ0v) is 58.5. The number of fused-ring (bicyclic) bond motifs is 1. The van der Waals surface area contributed by atoms with Gasteiger partial charge in [-0.05, 0) is 65.6 Å². The van der Waals surface area contributed by atoms with Gasteiger partial charge in [0.05, 0.1) is 25.4 Å². The molecule has 19 N–H and O–H groups in total. The Morgan fingerprint density at radius 3 is 1.55 bits per heavy atom. The van der Waals surface area contributed by atoms with Crippen LogP contribution in [0.1, 0.15) is 74.6 Å². The standard InChI is InChI=1S/C69H86N14O19S2/c1-36(2)58(67(99)81-52(35-104)69(101)102)82-65(97)48(27-38-14-7-4-8-15-38)76-60(92)45(23-24-56(87)88)75-63(95)50(30-54(71)85)78-64(96)51(31-57(89)90)79-61(93)46(28-39-19-21-41(84)22-20-39)74-55(86)33-73-59(91)49(29-40-32-72-44-17-10-9-16-42(40)44)77-62(94)47(26-37-12-5-3-6-13-37)80-66(98)53-18-11-25-83(53)68(100)43(70)34-103/h3-10,12-17,19-22,32,36,43,45-53,58,72,84,103-104H,11,18,23-31,33-35,70H2,1-2H3,(H2,71,85)(H,73,91)(H,74,86)(H,75,95)(H,76,92)(H,77,94)(H,78,96)(H,79,93)(H,80,98)(H,81,99)(H,82,97)(H,87,88)(H,89,90)(H,101,102)/t43-,45-,46-,47-,48-,49-,50-,51-,52-,53-,58-/m0/s1. The molecular weight excluding hydrogens is 1390 g/mol. The molecule has 1 aliphatic heterocycles. The summed E-state index contributed by atoms with van der Waals surface area (Å²) in [7, 11) is 0. The lowest BCUT2D eigenvalue weighted by Gasteiger charge is -2.28. The van der Waals surface area contributed by atoms with Gasteiger partial charge in [0.25, 0.3) is 0 Å². The second-order valence-corrected chi connectivity index (χ2v) is 25.7. The fourth-order valence-electron chi connectivity index (χ4n) is 11.3. The summed E-state index contributed by atoms with van der Waals surface area (Å²) in [6.07, 6.45) is -2.44. The minimum absolute atomic E-state index is 0.0123. The molecule has 6 rings (SSSR count). The summed E-state index contributed by atoms with van der Waals surface area (Å²) in [6, 6.07) is 11.8. The largest absolute Gasteiger partial charge is 0.508 e. The normalized spacial score (nSPS) is 15.4. The second kappa shape index (κ2) is 40.0. The van der Waals surface area contributed by atoms with E-state index < -0.39 is 200 Å². The number of carbonyl (C=O) groups excluding carboxylic acids is 12. The average Bonchev–Trinajstić information content (AvgIpc) is 1.65. The van der Waals surface area contributed by atoms with Crippen LogP contribution in [0.3, 0.4) is 0 Å². The van der Waals surface area contributed by atoms with Crippen LogP contribution in [0, 0.1) is 5.92 Å². The number of H-pyrrole nitrogens is 1. The summed E-state index contributed by atoms with van der Waals surface area (Å²) in [5, 5.41) is 64.4. The quantitative estimate of drug-likeness (QED) is 0.0184. The van der Waals surface area contributed by atoms with Gasteiger partial charge >= 0.3 is 17.9 Å². The number of primary amides is 1. The summed E-state index contributed by atoms with van der Waals surface area (Å²) < 4.78 is 0. The number of aliphatic carboxylic acids is 3. The Labute approximate surface area is 607 Å². The van der Waals surface area contributed by atoms with Crippen molar-refractivity contribution >= 4 is 125 Å². The number of phenolic OH excluding ortho intramolecular Hbond substituents is 1. The maximum atomic E-state index is 14.6. The van der Waals surface area contributed by atoms with Gasteiger partial charge in [0, 0.05) is 67.3 Å². The van der Waals surface area contributed by atoms with Crippen LogP contribution in [0.5, 0.6) is 5.75 Å². The van der Waals surface area contributed by atoms with Gasteiger partial charge < -0.3 is 94.9 Å². The Hall–Kier alpha value is -11.1. The number of aromatic hydroxyl groups is 1. The molecule has 4 aromatic carbocycles. The van der Waals surface area contributed by atoms with E-state index in [0.717, 1.165) is 0 Å². The number of nitrogens with one attached hydrogen (secondary N) is 11. The van der Waals surface area contributed by atoms with Gasteiger partial charge in [0.1, 0.15) is 66.2 Å². The molecule has 11 atom stereocenters. The highest BCUT2D eigenvalue weighted by Gasteiger charge is 2.40. The third-order valence-electron chi connectivity index (χ3n) is 16.7. The number of nitrogens with zero attached hydrogens (tertiary/aromatic N) is 1. The molecule has 0 spiro atoms. The van der Waals surface area contributed by atoms with Crippen LogP contribution in [0.2, 0.25) is 0 Å². The molecular formula is C69H86N14O19S2. The minimum Gasteiger partial charge on any atom is -0.508 e. The molecule has 104 heavy (non-hydrogen) atoms. The highest BCUT2D eigenvalue weighted by molar-refractivity contribution is 7.80. The lowest BCUT2D eigenvalue weighted by Crippen LogP contribution is -2.61. The van der Waals surface area contributed by atoms with Crippen molar-refractivity contribution in [1.29, 1.82) is 0 Å². The summed E-state index contributed by atoms with van der Waals surface area (Å²) in [6.45, 7) is 2.41. The number of hydrogen-bond donors (Lipinski definition) is 19. The number of likely N-dealkylation sites (tertiary alicyclic amines) is 1. The number of aromatic amines is 1. The van der Waals surface area contributed by atoms with Crippen molar-refractivity contribution in [2.24, 2.45) is 17.4 Å². The third kappa shape index (κ3) is 25.2. The zero-order chi connectivity index (χ0) is 76.3. The molecule has 1 aliphatic rings. The van der Waals surface area contributed by atoms with Crippen molar-refractivity contribution in [2.75, 3.05) is 24.6 Å². The van der Waals surface area contributed by atoms with Crippen molar-refractivity contribution in [3.8, 4) is 5.75 Å². The SMILES string of the molecule is CC(C)[C@H](NC(=O)[C@H](Cc1ccccc1)NC(=O)[C@H](CCC(=O)O)NC(=O)[C@H](CC(N)=O)NC(=O)[C@H](CC(=O)O)NC(=O)[C@H](Cc1ccc(O)cc1)NC(=O)CNC(=O)[C@H](Cc1c[nH]c2ccccc12)NC(=O)[C@H](Cc1ccccc1)NC(=O)[C@@H]1CCCN1C(=O)[C@@H](N)CS)C(=O)N[C@@H](CS)C(=O)O. The van der Waals surface area contributed by atoms with E-state index in [0.29, 0.717) is 34.0 Å². The lowest BCUT2D eigenvalue weighted by atomic mass is 10.00. The van der Waals surface area contributed by atoms with Crippen LogP contribution in [0.4, 0.5) is 0 Å². The molecule has 12 amide bonds. The number of carboxylic acid groups (broad SMARTS) is 3. The van der Waals surface area contributed by atoms with Gasteiger partial charge in [0.2, 0.25) is 70.9 Å². The highest BCUT2D eigenvalue weighted by Crippen LogP contribution is 2.22. The predicted molar refractivity (Wildman–Crippen MR) is 380 cm³/mol. The first-order valence-corrected chi connectivity index (χ1v) is 34.3. The molecule has 35 heteroatoms. The summed E-state index contributed by atoms with van der Waals surface area (Å²) in [4.78, 5) is 208. The van der Waals surface area contributed by atoms with Gasteiger partial charge in [-0.2, -0.15) is 25.3 Å². The van der Waals surface area contributed by atoms with E-state index in [-0.39, 0.29) is 55.0 Å². The summed E-state index contributed by atoms with van der Waals surface area (Å²) >= 11 is 8.11. The van der Waals surface area contributed by atoms with Gasteiger partial charge in [-0.25, -0.2) is 4.79 Å². The average molecular weight is 1480 g/mol. The van der Waals surface area contributed by atoms with Crippen LogP contribution < -0.4 is 64.6 Å². The van der Waals surface area contributed by atoms with E-state index in [1.165, 1.54) is 29.2 Å². The molecule has 0 unspecified atom stereocenters. The number of rotatable bonds is 40. The Kier molecular flexibility index (Phi) is 31.5. The van der Waals surface area contributed by atoms with Crippen molar-refractivity contribution in [3.05, 3.63) is 138 Å². The fourth-order valence-corrected chi connectivity index (χ4v) is 11.7. The van der Waals surface area contributed by atoms with E-state index in [2.05, 4.69) is 83.4 Å². The Morgan fingerprint density at radius 2 is 1.01 bits per heavy atom. The molecule has 1 aromatic heterocycles. The van der Waals surface area contributed by atoms with Crippen molar-refractivity contribution in [3.63, 3.8) is 0 Å². The van der Waals surface area contributed by atoms with Gasteiger partial charge in [-0.15, -0.1) is 0 Å². The van der Waals surface area contributed by atoms with Crippen LogP contribution >= 0.6 is 25.3 Å². The third-order valence-corrected chi connectivity index (χ3v) is 17.5. The van der Waals surface area contributed by atoms with Crippen LogP contribution in [0.15, 0.2) is 115 Å². The predicted octanol–water partition coefficient (Wildman–Crippen LogP) is -2.24. The summed E-state index contributed by atoms with van der Waals surface area (Å²) in [5.41, 5.74) is 14.1. The van der Waals surface area contributed by atoms with E-state index in [1.54, 1.807) is 105 Å². The fraction of sp³-hybridized carbons (Fsp3) is 0.406. The molecule has 5 aromatic rings. The molecule has 2 heterocycles. The number of benzene rings is 4. The maximum Gasteiger partial charge on any atom is 0.327 e. The van der Waals surface area contributed by atoms with E-state index >= 15 is 0 Å². The monoisotopic (exact) mass is 1480 g/mol. The number of nitrogens with two attached hydrogens (primary N) is 2. The van der Waals surface area contributed by atoms with Crippen LogP contribution in [-0.2, 0) is 97.6 Å². The number of para-hydroxylation sites is 1. The number of phenols is 1. The summed E-state index contributed by atoms with van der Waals surface area (Å²) in [5.74, 6) is -18.2. The Morgan fingerprint density at radius 1 is 0.529 bits per heavy atom. The number of amides is 12. The maximum absolute atomic E-state index is 14.6. The molecule has 1 saturated heterocycles. The van der Waals surface area contributed by atoms with Gasteiger partial charge in [-0.3, -0.25) is 67.1 Å². The van der Waals surface area contributed by atoms with E-state index in [1.807, 2.05) is 0 Å². The van der Waals surface area contributed by atoms with Crippen molar-refractivity contribution in [1.82, 2.24) is 63.1 Å². The first-order valence-electron chi connectivity index (χ1n) is 33.1. The smallest absolute Gasteiger partial charge is 0.327 e. The number of carbonyl (C=O) groups is 15. The van der Waals surface area contributed by atoms with Crippen molar-refractivity contribution in [2.45, 2.75) is 145 Å². The number of thiol groups is 2. The molecule has 0 aliphatic carbocycles. The van der Waals surface area contributed by atoms with Crippen LogP contribution in [0.25, 0.3) is 10.9 Å². The van der Waals surface area contributed by atoms with Crippen molar-refractivity contribution < 1.29 is 92.3 Å². The number of hydrogen-bond acceptors (Lipinski definition) is 19. The molecule has 0 saturated carbocycles. The topological polar surface area (TPSA) is 528 Å². The Balaban J connectivity index is 1.22.